The maximum absolute atomic E-state index is 12.3. The lowest BCUT2D eigenvalue weighted by Crippen LogP contribution is -2.28. The predicted molar refractivity (Wildman–Crippen MR) is 293 cm³/mol. The van der Waals surface area contributed by atoms with E-state index in [1.54, 1.807) is 0 Å². The summed E-state index contributed by atoms with van der Waals surface area (Å²) in [5.74, 6) is -0.595. The maximum atomic E-state index is 12.3. The lowest BCUT2D eigenvalue weighted by atomic mass is 10.0. The van der Waals surface area contributed by atoms with Crippen molar-refractivity contribution in [3.05, 3.63) is 48.6 Å². The van der Waals surface area contributed by atoms with Crippen molar-refractivity contribution >= 4 is 11.9 Å². The summed E-state index contributed by atoms with van der Waals surface area (Å²) in [7, 11) is 0. The highest BCUT2D eigenvalue weighted by molar-refractivity contribution is 5.70. The quantitative estimate of drug-likeness (QED) is 0.0374. The Hall–Kier alpha value is -2.14. The Morgan fingerprint density at radius 2 is 0.612 bits per heavy atom. The Kier molecular flexibility index (Phi) is 56.3. The van der Waals surface area contributed by atoms with Crippen LogP contribution in [0, 0.1) is 0 Å². The normalized spacial score (nSPS) is 12.5. The van der Waals surface area contributed by atoms with Crippen molar-refractivity contribution in [2.45, 2.75) is 322 Å². The first-order valence-electron chi connectivity index (χ1n) is 29.7. The fourth-order valence-corrected chi connectivity index (χ4v) is 8.84. The molecule has 0 heterocycles. The van der Waals surface area contributed by atoms with Crippen molar-refractivity contribution in [3.8, 4) is 0 Å². The Labute approximate surface area is 418 Å². The first kappa shape index (κ1) is 64.9. The van der Waals surface area contributed by atoms with Crippen LogP contribution in [0.5, 0.6) is 0 Å². The average molecular weight is 940 g/mol. The van der Waals surface area contributed by atoms with Crippen molar-refractivity contribution in [1.29, 1.82) is 0 Å². The Bertz CT molecular complexity index is 1110. The molecule has 0 aliphatic carbocycles. The van der Waals surface area contributed by atoms with E-state index in [1.165, 1.54) is 231 Å². The first-order chi connectivity index (χ1) is 33.1. The van der Waals surface area contributed by atoms with Crippen molar-refractivity contribution < 1.29 is 24.2 Å². The van der Waals surface area contributed by atoms with Crippen LogP contribution in [0.25, 0.3) is 0 Å². The molecule has 0 aromatic carbocycles. The van der Waals surface area contributed by atoms with E-state index in [-0.39, 0.29) is 25.2 Å². The molecule has 0 aliphatic rings. The molecule has 0 fully saturated rings. The van der Waals surface area contributed by atoms with Gasteiger partial charge in [-0.1, -0.05) is 281 Å². The number of rotatable bonds is 55. The van der Waals surface area contributed by atoms with Crippen molar-refractivity contribution in [3.63, 3.8) is 0 Å². The lowest BCUT2D eigenvalue weighted by molar-refractivity contribution is -0.161. The van der Waals surface area contributed by atoms with Crippen LogP contribution in [0.2, 0.25) is 0 Å². The minimum atomic E-state index is -0.776. The second kappa shape index (κ2) is 58.2. The summed E-state index contributed by atoms with van der Waals surface area (Å²) in [5.41, 5.74) is 0. The van der Waals surface area contributed by atoms with Gasteiger partial charge in [-0.15, -0.1) is 0 Å². The van der Waals surface area contributed by atoms with Gasteiger partial charge in [-0.25, -0.2) is 0 Å². The van der Waals surface area contributed by atoms with Crippen LogP contribution in [-0.4, -0.2) is 36.4 Å². The van der Waals surface area contributed by atoms with Gasteiger partial charge in [-0.05, 0) is 70.6 Å². The topological polar surface area (TPSA) is 72.8 Å². The Balaban J connectivity index is 3.37. The second-order valence-corrected chi connectivity index (χ2v) is 20.1. The zero-order valence-electron chi connectivity index (χ0n) is 44.9. The van der Waals surface area contributed by atoms with E-state index in [1.807, 2.05) is 0 Å². The van der Waals surface area contributed by atoms with Crippen molar-refractivity contribution in [2.24, 2.45) is 0 Å². The SMILES string of the molecule is CCCC/C=C\C/C=C\CCCCCCCC(=O)OCC(CO)OC(=O)CCCCCCCCCCCCCCCCCCCCCCCCCCCCC/C=C\C/C=C\CCCCCCC. The van der Waals surface area contributed by atoms with E-state index in [4.69, 9.17) is 9.47 Å². The molecule has 0 bridgehead atoms. The van der Waals surface area contributed by atoms with Gasteiger partial charge in [0, 0.05) is 12.8 Å². The molecule has 67 heavy (non-hydrogen) atoms. The largest absolute Gasteiger partial charge is 0.462 e. The number of carbonyl (C=O) groups is 2. The molecule has 0 aliphatic heterocycles. The summed E-state index contributed by atoms with van der Waals surface area (Å²) in [6.45, 7) is 4.10. The summed E-state index contributed by atoms with van der Waals surface area (Å²) < 4.78 is 10.7. The number of carbonyl (C=O) groups excluding carboxylic acids is 2. The third kappa shape index (κ3) is 56.3. The molecule has 0 saturated heterocycles. The van der Waals surface area contributed by atoms with Gasteiger partial charge in [0.05, 0.1) is 6.61 Å². The third-order valence-electron chi connectivity index (χ3n) is 13.3. The number of aliphatic hydroxyl groups excluding tert-OH is 1. The number of allylic oxidation sites excluding steroid dienone is 8. The van der Waals surface area contributed by atoms with Gasteiger partial charge < -0.3 is 14.6 Å². The molecule has 5 heteroatoms. The number of aliphatic hydroxyl groups is 1. The predicted octanol–water partition coefficient (Wildman–Crippen LogP) is 20.0. The minimum Gasteiger partial charge on any atom is -0.462 e. The molecule has 1 unspecified atom stereocenters. The highest BCUT2D eigenvalue weighted by Gasteiger charge is 2.16. The van der Waals surface area contributed by atoms with E-state index in [9.17, 15) is 14.7 Å². The standard InChI is InChI=1S/C62H114O5/c1-3-5-7-9-11-13-15-17-19-20-21-22-23-24-25-26-27-28-29-30-31-32-33-34-35-36-37-38-39-40-41-42-43-45-47-49-51-53-55-57-62(65)67-60(58-63)59-66-61(64)56-54-52-50-48-46-44-18-16-14-12-10-8-6-4-2/h10,12,15-18,20-21,60,63H,3-9,11,13-14,19,22-59H2,1-2H3/b12-10-,17-15-,18-16-,21-20-. The molecule has 0 amide bonds. The summed E-state index contributed by atoms with van der Waals surface area (Å²) in [5, 5.41) is 9.63. The van der Waals surface area contributed by atoms with Crippen LogP contribution in [0.4, 0.5) is 0 Å². The molecule has 0 aromatic rings. The fourth-order valence-electron chi connectivity index (χ4n) is 8.84. The summed E-state index contributed by atoms with van der Waals surface area (Å²) in [4.78, 5) is 24.4. The van der Waals surface area contributed by atoms with E-state index in [0.717, 1.165) is 57.8 Å². The van der Waals surface area contributed by atoms with Crippen LogP contribution >= 0.6 is 0 Å². The van der Waals surface area contributed by atoms with Crippen molar-refractivity contribution in [2.75, 3.05) is 13.2 Å². The molecular formula is C62H114O5. The number of unbranched alkanes of at least 4 members (excludes halogenated alkanes) is 39. The van der Waals surface area contributed by atoms with E-state index >= 15 is 0 Å². The van der Waals surface area contributed by atoms with Crippen LogP contribution in [-0.2, 0) is 19.1 Å². The van der Waals surface area contributed by atoms with E-state index in [0.29, 0.717) is 12.8 Å². The fraction of sp³-hybridized carbons (Fsp3) is 0.839. The molecule has 0 spiro atoms. The zero-order chi connectivity index (χ0) is 48.5. The first-order valence-corrected chi connectivity index (χ1v) is 29.7. The van der Waals surface area contributed by atoms with E-state index < -0.39 is 6.10 Å². The van der Waals surface area contributed by atoms with Crippen LogP contribution < -0.4 is 0 Å². The molecular weight excluding hydrogens is 825 g/mol. The summed E-state index contributed by atoms with van der Waals surface area (Å²) >= 11 is 0. The maximum Gasteiger partial charge on any atom is 0.306 e. The average Bonchev–Trinajstić information content (AvgIpc) is 3.33. The molecule has 0 saturated carbocycles. The molecule has 0 aromatic heterocycles. The van der Waals surface area contributed by atoms with Gasteiger partial charge in [-0.2, -0.15) is 0 Å². The number of hydrogen-bond donors (Lipinski definition) is 1. The Morgan fingerprint density at radius 3 is 0.925 bits per heavy atom. The second-order valence-electron chi connectivity index (χ2n) is 20.1. The van der Waals surface area contributed by atoms with Crippen LogP contribution in [0.1, 0.15) is 316 Å². The van der Waals surface area contributed by atoms with Crippen molar-refractivity contribution in [1.82, 2.24) is 0 Å². The smallest absolute Gasteiger partial charge is 0.306 e. The van der Waals surface area contributed by atoms with Gasteiger partial charge in [-0.3, -0.25) is 9.59 Å². The summed E-state index contributed by atoms with van der Waals surface area (Å²) in [6, 6.07) is 0. The molecule has 0 rings (SSSR count). The van der Waals surface area contributed by atoms with Gasteiger partial charge in [0.1, 0.15) is 6.61 Å². The number of esters is 2. The Morgan fingerprint density at radius 1 is 0.343 bits per heavy atom. The molecule has 392 valence electrons. The molecule has 1 atom stereocenters. The highest BCUT2D eigenvalue weighted by atomic mass is 16.6. The highest BCUT2D eigenvalue weighted by Crippen LogP contribution is 2.17. The number of hydrogen-bond acceptors (Lipinski definition) is 5. The lowest BCUT2D eigenvalue weighted by Gasteiger charge is -2.15. The molecule has 0 radical (unpaired) electrons. The summed E-state index contributed by atoms with van der Waals surface area (Å²) in [6.07, 6.45) is 76.9. The van der Waals surface area contributed by atoms with Gasteiger partial charge in [0.15, 0.2) is 6.10 Å². The zero-order valence-corrected chi connectivity index (χ0v) is 44.9. The number of ether oxygens (including phenoxy) is 2. The molecule has 1 N–H and O–H groups in total. The van der Waals surface area contributed by atoms with Gasteiger partial charge in [0.25, 0.3) is 0 Å². The third-order valence-corrected chi connectivity index (χ3v) is 13.3. The molecule has 5 nitrogen and oxygen atoms in total. The van der Waals surface area contributed by atoms with Crippen LogP contribution in [0.3, 0.4) is 0 Å². The van der Waals surface area contributed by atoms with Gasteiger partial charge in [0.2, 0.25) is 0 Å². The van der Waals surface area contributed by atoms with E-state index in [2.05, 4.69) is 62.5 Å². The monoisotopic (exact) mass is 939 g/mol. The minimum absolute atomic E-state index is 0.0701. The van der Waals surface area contributed by atoms with Crippen LogP contribution in [0.15, 0.2) is 48.6 Å². The van der Waals surface area contributed by atoms with Gasteiger partial charge >= 0.3 is 11.9 Å².